The molecule has 2 aliphatic heterocycles. The van der Waals surface area contributed by atoms with Crippen molar-refractivity contribution in [3.05, 3.63) is 60.1 Å². The van der Waals surface area contributed by atoms with E-state index in [2.05, 4.69) is 70.3 Å². The summed E-state index contributed by atoms with van der Waals surface area (Å²) in [5.41, 5.74) is 4.01. The third-order valence-electron chi connectivity index (χ3n) is 10.4. The van der Waals surface area contributed by atoms with Crippen LogP contribution in [0.15, 0.2) is 48.7 Å². The van der Waals surface area contributed by atoms with Crippen molar-refractivity contribution >= 4 is 41.0 Å². The molecular formula is C40H55N7O6S. The maximum Gasteiger partial charge on any atom is 0.407 e. The van der Waals surface area contributed by atoms with Gasteiger partial charge in [-0.3, -0.25) is 9.59 Å². The van der Waals surface area contributed by atoms with Crippen LogP contribution in [0.2, 0.25) is 0 Å². The first-order chi connectivity index (χ1) is 25.9. The van der Waals surface area contributed by atoms with Crippen LogP contribution in [0.3, 0.4) is 0 Å². The van der Waals surface area contributed by atoms with Crippen LogP contribution < -0.4 is 16.0 Å². The number of aromatic nitrogens is 2. The number of nitrogens with one attached hydrogen (secondary N) is 4. The van der Waals surface area contributed by atoms with Crippen molar-refractivity contribution in [2.24, 2.45) is 11.8 Å². The number of nitrogens with zero attached hydrogens (tertiary/aromatic N) is 3. The summed E-state index contributed by atoms with van der Waals surface area (Å²) in [5, 5.41) is 9.10. The van der Waals surface area contributed by atoms with Gasteiger partial charge >= 0.3 is 12.2 Å². The van der Waals surface area contributed by atoms with Crippen LogP contribution in [0.5, 0.6) is 0 Å². The van der Waals surface area contributed by atoms with E-state index in [1.807, 2.05) is 50.6 Å². The topological polar surface area (TPSA) is 158 Å². The Kier molecular flexibility index (Phi) is 13.4. The van der Waals surface area contributed by atoms with Gasteiger partial charge in [-0.25, -0.2) is 14.6 Å². The second-order valence-electron chi connectivity index (χ2n) is 14.7. The van der Waals surface area contributed by atoms with Gasteiger partial charge in [-0.2, -0.15) is 0 Å². The number of methoxy groups -OCH3 is 2. The average molecular weight is 762 g/mol. The number of rotatable bonds is 13. The number of benzene rings is 1. The molecule has 2 aliphatic rings. The summed E-state index contributed by atoms with van der Waals surface area (Å²) in [4.78, 5) is 65.1. The average Bonchev–Trinajstić information content (AvgIpc) is 4.00. The smallest absolute Gasteiger partial charge is 0.407 e. The van der Waals surface area contributed by atoms with Gasteiger partial charge in [-0.15, -0.1) is 11.3 Å². The highest BCUT2D eigenvalue weighted by molar-refractivity contribution is 7.18. The maximum absolute atomic E-state index is 13.6. The number of thiophene rings is 1. The van der Waals surface area contributed by atoms with Gasteiger partial charge in [0.25, 0.3) is 0 Å². The number of allylic oxidation sites excluding steroid dienone is 1. The third-order valence-corrected chi connectivity index (χ3v) is 11.6. The molecule has 5 atom stereocenters. The van der Waals surface area contributed by atoms with Crippen molar-refractivity contribution in [1.29, 1.82) is 0 Å². The molecule has 4 amide bonds. The fourth-order valence-electron chi connectivity index (χ4n) is 7.41. The molecule has 13 nitrogen and oxygen atoms in total. The molecule has 3 aromatic rings. The zero-order valence-electron chi connectivity index (χ0n) is 32.6. The molecule has 0 spiro atoms. The molecule has 5 rings (SSSR count). The fourth-order valence-corrected chi connectivity index (χ4v) is 8.39. The molecule has 1 unspecified atom stereocenters. The molecule has 14 heteroatoms. The summed E-state index contributed by atoms with van der Waals surface area (Å²) >= 11 is 1.66. The molecule has 4 N–H and O–H groups in total. The number of imidazole rings is 1. The molecule has 0 bridgehead atoms. The summed E-state index contributed by atoms with van der Waals surface area (Å²) in [6.07, 6.45) is 6.07. The van der Waals surface area contributed by atoms with E-state index < -0.39 is 24.3 Å². The van der Waals surface area contributed by atoms with Crippen molar-refractivity contribution in [2.75, 3.05) is 27.3 Å². The normalized spacial score (nSPS) is 19.1. The van der Waals surface area contributed by atoms with Crippen LogP contribution in [0.4, 0.5) is 9.59 Å². The molecule has 0 aliphatic carbocycles. The van der Waals surface area contributed by atoms with E-state index in [0.717, 1.165) is 63.8 Å². The lowest BCUT2D eigenvalue weighted by molar-refractivity contribution is -0.136. The highest BCUT2D eigenvalue weighted by Gasteiger charge is 2.39. The Balaban J connectivity index is 1.23. The Labute approximate surface area is 322 Å². The summed E-state index contributed by atoms with van der Waals surface area (Å²) in [6.45, 7) is 13.0. The standard InChI is InChI=1S/C40H55N7O6S/c1-9-28(42-25(6)30-12-10-20-46(30)37(48)34(23(2)3)44-39(50)52-7)26-14-16-27(17-15-26)32-18-19-33(54-32)29-22-41-36(43-29)31-13-11-21-47(31)38(49)35(24(4)5)45-40(51)53-8/h9,14-19,22-25,30-31,34-35,42H,10-13,20-21H2,1-8H3,(H,41,43)(H,44,50)(H,45,51)/b28-9-/t25?,30-,31-,34-,35-/m0/s1. The van der Waals surface area contributed by atoms with Gasteiger partial charge in [0.1, 0.15) is 17.9 Å². The van der Waals surface area contributed by atoms with Gasteiger partial charge in [0.2, 0.25) is 11.8 Å². The molecule has 0 saturated carbocycles. The van der Waals surface area contributed by atoms with E-state index >= 15 is 0 Å². The monoisotopic (exact) mass is 761 g/mol. The van der Waals surface area contributed by atoms with E-state index in [1.165, 1.54) is 14.2 Å². The van der Waals surface area contributed by atoms with Crippen LogP contribution in [0.1, 0.15) is 84.7 Å². The van der Waals surface area contributed by atoms with Gasteiger partial charge < -0.3 is 40.2 Å². The van der Waals surface area contributed by atoms with Gasteiger partial charge in [-0.05, 0) is 74.6 Å². The van der Waals surface area contributed by atoms with Gasteiger partial charge in [0.05, 0.1) is 43.1 Å². The first kappa shape index (κ1) is 40.3. The Bertz CT molecular complexity index is 1800. The molecule has 1 aromatic carbocycles. The second kappa shape index (κ2) is 18.0. The number of carbonyl (C=O) groups excluding carboxylic acids is 4. The molecular weight excluding hydrogens is 707 g/mol. The first-order valence-electron chi connectivity index (χ1n) is 18.8. The highest BCUT2D eigenvalue weighted by Crippen LogP contribution is 2.37. The Hall–Kier alpha value is -4.85. The quantitative estimate of drug-likeness (QED) is 0.153. The zero-order chi connectivity index (χ0) is 39.1. The molecule has 292 valence electrons. The van der Waals surface area contributed by atoms with Crippen molar-refractivity contribution < 1.29 is 28.7 Å². The number of ether oxygens (including phenoxy) is 2. The minimum Gasteiger partial charge on any atom is -0.453 e. The van der Waals surface area contributed by atoms with E-state index in [0.29, 0.717) is 13.1 Å². The predicted octanol–water partition coefficient (Wildman–Crippen LogP) is 6.56. The minimum absolute atomic E-state index is 0.0160. The summed E-state index contributed by atoms with van der Waals surface area (Å²) in [7, 11) is 2.59. The van der Waals surface area contributed by atoms with Crippen LogP contribution in [0, 0.1) is 11.8 Å². The zero-order valence-corrected chi connectivity index (χ0v) is 33.4. The van der Waals surface area contributed by atoms with Crippen molar-refractivity contribution in [2.45, 2.75) is 97.4 Å². The SMILES string of the molecule is C/C=C(\NC(C)[C@@H]1CCCN1C(=O)[C@@H](NC(=O)OC)C(C)C)c1ccc(-c2ccc(-c3cnc([C@@H]4CCCN4C(=O)[C@@H](NC(=O)OC)C(C)C)[nH]3)s2)cc1. The first-order valence-corrected chi connectivity index (χ1v) is 19.7. The Morgan fingerprint density at radius 2 is 1.39 bits per heavy atom. The highest BCUT2D eigenvalue weighted by atomic mass is 32.1. The van der Waals surface area contributed by atoms with Crippen LogP contribution in [-0.4, -0.2) is 95.2 Å². The molecule has 54 heavy (non-hydrogen) atoms. The van der Waals surface area contributed by atoms with Gasteiger partial charge in [0.15, 0.2) is 0 Å². The van der Waals surface area contributed by atoms with Crippen molar-refractivity contribution in [3.8, 4) is 21.0 Å². The number of aromatic amines is 1. The number of hydrogen-bond donors (Lipinski definition) is 4. The third kappa shape index (κ3) is 9.08. The second-order valence-corrected chi connectivity index (χ2v) is 15.8. The molecule has 0 radical (unpaired) electrons. The molecule has 2 fully saturated rings. The minimum atomic E-state index is -0.684. The van der Waals surface area contributed by atoms with Crippen LogP contribution >= 0.6 is 11.3 Å². The molecule has 4 heterocycles. The summed E-state index contributed by atoms with van der Waals surface area (Å²) in [5.74, 6) is 0.335. The largest absolute Gasteiger partial charge is 0.453 e. The van der Waals surface area contributed by atoms with Crippen LogP contribution in [0.25, 0.3) is 26.7 Å². The summed E-state index contributed by atoms with van der Waals surface area (Å²) in [6, 6.07) is 11.1. The van der Waals surface area contributed by atoms with E-state index in [4.69, 9.17) is 14.5 Å². The number of carbonyl (C=O) groups is 4. The molecule has 2 saturated heterocycles. The maximum atomic E-state index is 13.6. The van der Waals surface area contributed by atoms with E-state index in [1.54, 1.807) is 11.3 Å². The number of alkyl carbamates (subject to hydrolysis) is 2. The number of hydrogen-bond acceptors (Lipinski definition) is 9. The van der Waals surface area contributed by atoms with E-state index in [-0.39, 0.29) is 41.8 Å². The number of H-pyrrole nitrogens is 1. The Morgan fingerprint density at radius 1 is 0.815 bits per heavy atom. The lowest BCUT2D eigenvalue weighted by atomic mass is 10.0. The molecule has 2 aromatic heterocycles. The summed E-state index contributed by atoms with van der Waals surface area (Å²) < 4.78 is 9.54. The number of likely N-dealkylation sites (tertiary alicyclic amines) is 2. The lowest BCUT2D eigenvalue weighted by Gasteiger charge is -2.34. The fraction of sp³-hybridized carbons (Fsp3) is 0.525. The predicted molar refractivity (Wildman–Crippen MR) is 210 cm³/mol. The van der Waals surface area contributed by atoms with Crippen molar-refractivity contribution in [1.82, 2.24) is 35.7 Å². The van der Waals surface area contributed by atoms with Gasteiger partial charge in [0, 0.05) is 29.7 Å². The lowest BCUT2D eigenvalue weighted by Crippen LogP contribution is -2.55. The van der Waals surface area contributed by atoms with Gasteiger partial charge in [-0.1, -0.05) is 58.0 Å². The number of amides is 4. The van der Waals surface area contributed by atoms with Crippen molar-refractivity contribution in [3.63, 3.8) is 0 Å². The van der Waals surface area contributed by atoms with E-state index in [9.17, 15) is 19.2 Å². The van der Waals surface area contributed by atoms with Crippen LogP contribution in [-0.2, 0) is 19.1 Å². The Morgan fingerprint density at radius 3 is 1.98 bits per heavy atom.